The molecule has 0 unspecified atom stereocenters. The third kappa shape index (κ3) is 2.80. The van der Waals surface area contributed by atoms with Crippen LogP contribution in [0.1, 0.15) is 11.3 Å². The predicted octanol–water partition coefficient (Wildman–Crippen LogP) is 1.97. The van der Waals surface area contributed by atoms with Crippen molar-refractivity contribution in [2.75, 3.05) is 5.32 Å². The Morgan fingerprint density at radius 1 is 1.48 bits per heavy atom. The van der Waals surface area contributed by atoms with Gasteiger partial charge in [0.25, 0.3) is 0 Å². The summed E-state index contributed by atoms with van der Waals surface area (Å²) in [5, 5.41) is 7.44. The van der Waals surface area contributed by atoms with Crippen LogP contribution >= 0.6 is 0 Å². The number of nitrogens with two attached hydrogens (primary N) is 1. The number of nitrogens with one attached hydrogen (secondary N) is 2. The summed E-state index contributed by atoms with van der Waals surface area (Å²) in [6, 6.07) is 8.92. The number of rotatable bonds is 4. The number of anilines is 1. The molecule has 6 heteroatoms. The van der Waals surface area contributed by atoms with E-state index >= 15 is 0 Å². The molecule has 0 saturated heterocycles. The fourth-order valence-electron chi connectivity index (χ4n) is 2.27. The molecule has 0 radical (unpaired) electrons. The van der Waals surface area contributed by atoms with Gasteiger partial charge in [-0.1, -0.05) is 23.4 Å². The number of H-pyrrole nitrogens is 1. The maximum Gasteiger partial charge on any atom is 0.242 e. The Morgan fingerprint density at radius 3 is 3.05 bits per heavy atom. The molecule has 0 aliphatic heterocycles. The van der Waals surface area contributed by atoms with E-state index in [4.69, 9.17) is 10.3 Å². The second-order valence-corrected chi connectivity index (χ2v) is 4.98. The molecular formula is C15H16N4O2. The first-order valence-electron chi connectivity index (χ1n) is 6.68. The lowest BCUT2D eigenvalue weighted by atomic mass is 10.1. The molecule has 0 fully saturated rings. The van der Waals surface area contributed by atoms with Gasteiger partial charge in [0.05, 0.1) is 6.04 Å². The van der Waals surface area contributed by atoms with Crippen LogP contribution in [0.3, 0.4) is 0 Å². The summed E-state index contributed by atoms with van der Waals surface area (Å²) in [6.07, 6.45) is 2.34. The van der Waals surface area contributed by atoms with Crippen molar-refractivity contribution in [1.29, 1.82) is 0 Å². The van der Waals surface area contributed by atoms with Gasteiger partial charge in [-0.2, -0.15) is 0 Å². The number of nitrogens with zero attached hydrogens (tertiary/aromatic N) is 1. The summed E-state index contributed by atoms with van der Waals surface area (Å²) in [4.78, 5) is 15.2. The summed E-state index contributed by atoms with van der Waals surface area (Å²) >= 11 is 0. The highest BCUT2D eigenvalue weighted by Crippen LogP contribution is 2.19. The van der Waals surface area contributed by atoms with Crippen molar-refractivity contribution < 1.29 is 9.32 Å². The van der Waals surface area contributed by atoms with Crippen molar-refractivity contribution in [3.05, 3.63) is 47.9 Å². The zero-order chi connectivity index (χ0) is 14.8. The third-order valence-electron chi connectivity index (χ3n) is 3.33. The van der Waals surface area contributed by atoms with Crippen molar-refractivity contribution in [2.45, 2.75) is 19.4 Å². The Labute approximate surface area is 121 Å². The zero-order valence-electron chi connectivity index (χ0n) is 11.6. The molecule has 108 valence electrons. The summed E-state index contributed by atoms with van der Waals surface area (Å²) in [6.45, 7) is 1.76. The Kier molecular flexibility index (Phi) is 3.45. The van der Waals surface area contributed by atoms with E-state index in [0.29, 0.717) is 18.0 Å². The minimum absolute atomic E-state index is 0.284. The standard InChI is InChI=1S/C15H16N4O2/c1-9-6-14(19-21-9)18-15(20)12(16)7-10-8-17-13-5-3-2-4-11(10)13/h2-6,8,12,17H,7,16H2,1H3,(H,18,19,20)/t12-/m1/s1. The number of para-hydroxylation sites is 1. The molecule has 0 saturated carbocycles. The molecule has 0 aliphatic carbocycles. The van der Waals surface area contributed by atoms with Crippen LogP contribution in [0.2, 0.25) is 0 Å². The number of carbonyl (C=O) groups is 1. The lowest BCUT2D eigenvalue weighted by molar-refractivity contribution is -0.117. The van der Waals surface area contributed by atoms with Gasteiger partial charge >= 0.3 is 0 Å². The molecule has 21 heavy (non-hydrogen) atoms. The maximum atomic E-state index is 12.1. The van der Waals surface area contributed by atoms with Gasteiger partial charge in [0.2, 0.25) is 5.91 Å². The van der Waals surface area contributed by atoms with Gasteiger partial charge in [0, 0.05) is 23.2 Å². The molecule has 0 aliphatic rings. The van der Waals surface area contributed by atoms with Gasteiger partial charge in [0.15, 0.2) is 5.82 Å². The molecule has 6 nitrogen and oxygen atoms in total. The lowest BCUT2D eigenvalue weighted by Crippen LogP contribution is -2.37. The smallest absolute Gasteiger partial charge is 0.242 e. The topological polar surface area (TPSA) is 96.9 Å². The number of benzene rings is 1. The van der Waals surface area contributed by atoms with Crippen molar-refractivity contribution in [3.63, 3.8) is 0 Å². The van der Waals surface area contributed by atoms with Crippen molar-refractivity contribution in [2.24, 2.45) is 5.73 Å². The van der Waals surface area contributed by atoms with Crippen molar-refractivity contribution in [1.82, 2.24) is 10.1 Å². The van der Waals surface area contributed by atoms with Gasteiger partial charge in [0.1, 0.15) is 5.76 Å². The van der Waals surface area contributed by atoms with Gasteiger partial charge in [-0.25, -0.2) is 0 Å². The lowest BCUT2D eigenvalue weighted by Gasteiger charge is -2.10. The molecule has 3 aromatic rings. The number of aromatic nitrogens is 2. The van der Waals surface area contributed by atoms with Gasteiger partial charge in [-0.15, -0.1) is 0 Å². The molecule has 1 aromatic carbocycles. The summed E-state index contributed by atoms with van der Waals surface area (Å²) < 4.78 is 4.90. The van der Waals surface area contributed by atoms with Crippen LogP contribution in [0.4, 0.5) is 5.82 Å². The number of fused-ring (bicyclic) bond motifs is 1. The molecule has 1 atom stereocenters. The van der Waals surface area contributed by atoms with Gasteiger partial charge in [-0.3, -0.25) is 4.79 Å². The van der Waals surface area contributed by atoms with Crippen LogP contribution in [0, 0.1) is 6.92 Å². The fourth-order valence-corrected chi connectivity index (χ4v) is 2.27. The molecule has 4 N–H and O–H groups in total. The Bertz CT molecular complexity index is 775. The number of aromatic amines is 1. The Morgan fingerprint density at radius 2 is 2.29 bits per heavy atom. The highest BCUT2D eigenvalue weighted by Gasteiger charge is 2.17. The fraction of sp³-hybridized carbons (Fsp3) is 0.200. The first-order chi connectivity index (χ1) is 10.1. The number of hydrogen-bond donors (Lipinski definition) is 3. The molecule has 0 bridgehead atoms. The maximum absolute atomic E-state index is 12.1. The first kappa shape index (κ1) is 13.4. The SMILES string of the molecule is Cc1cc(NC(=O)[C@H](N)Cc2c[nH]c3ccccc23)no1. The van der Waals surface area contributed by atoms with Gasteiger partial charge < -0.3 is 20.6 Å². The number of amides is 1. The van der Waals surface area contributed by atoms with Crippen LogP contribution in [0.5, 0.6) is 0 Å². The normalized spacial score (nSPS) is 12.5. The Balaban J connectivity index is 1.70. The van der Waals surface area contributed by atoms with E-state index in [1.165, 1.54) is 0 Å². The zero-order valence-corrected chi connectivity index (χ0v) is 11.6. The number of hydrogen-bond acceptors (Lipinski definition) is 4. The van der Waals surface area contributed by atoms with Crippen molar-refractivity contribution >= 4 is 22.6 Å². The van der Waals surface area contributed by atoms with E-state index in [2.05, 4.69) is 15.5 Å². The van der Waals surface area contributed by atoms with Crippen molar-refractivity contribution in [3.8, 4) is 0 Å². The largest absolute Gasteiger partial charge is 0.361 e. The minimum Gasteiger partial charge on any atom is -0.361 e. The quantitative estimate of drug-likeness (QED) is 0.682. The van der Waals surface area contributed by atoms with Gasteiger partial charge in [-0.05, 0) is 25.0 Å². The number of aryl methyl sites for hydroxylation is 1. The third-order valence-corrected chi connectivity index (χ3v) is 3.33. The van der Waals surface area contributed by atoms with Crippen LogP contribution in [0.25, 0.3) is 10.9 Å². The van der Waals surface area contributed by atoms with Crippen LogP contribution in [0.15, 0.2) is 41.1 Å². The molecule has 2 aromatic heterocycles. The first-order valence-corrected chi connectivity index (χ1v) is 6.68. The second-order valence-electron chi connectivity index (χ2n) is 4.98. The summed E-state index contributed by atoms with van der Waals surface area (Å²) in [5.41, 5.74) is 8.02. The van der Waals surface area contributed by atoms with E-state index in [1.807, 2.05) is 30.5 Å². The van der Waals surface area contributed by atoms with Crippen LogP contribution in [-0.4, -0.2) is 22.1 Å². The summed E-state index contributed by atoms with van der Waals surface area (Å²) in [5.74, 6) is 0.732. The Hall–Kier alpha value is -2.60. The van der Waals surface area contributed by atoms with E-state index < -0.39 is 6.04 Å². The van der Waals surface area contributed by atoms with Crippen LogP contribution < -0.4 is 11.1 Å². The average molecular weight is 284 g/mol. The summed E-state index contributed by atoms with van der Waals surface area (Å²) in [7, 11) is 0. The number of carbonyl (C=O) groups excluding carboxylic acids is 1. The van der Waals surface area contributed by atoms with Crippen LogP contribution in [-0.2, 0) is 11.2 Å². The molecule has 0 spiro atoms. The average Bonchev–Trinajstić information content (AvgIpc) is 3.06. The monoisotopic (exact) mass is 284 g/mol. The molecule has 3 rings (SSSR count). The predicted molar refractivity (Wildman–Crippen MR) is 79.8 cm³/mol. The van der Waals surface area contributed by atoms with E-state index in [0.717, 1.165) is 16.5 Å². The molecule has 1 amide bonds. The second kappa shape index (κ2) is 5.41. The molecule has 2 heterocycles. The van der Waals surface area contributed by atoms with E-state index in [-0.39, 0.29) is 5.91 Å². The van der Waals surface area contributed by atoms with E-state index in [1.54, 1.807) is 13.0 Å². The highest BCUT2D eigenvalue weighted by atomic mass is 16.5. The molecular weight excluding hydrogens is 268 g/mol. The highest BCUT2D eigenvalue weighted by molar-refractivity contribution is 5.94. The van der Waals surface area contributed by atoms with E-state index in [9.17, 15) is 4.79 Å². The minimum atomic E-state index is -0.652.